The van der Waals surface area contributed by atoms with Gasteiger partial charge in [-0.1, -0.05) is 6.07 Å². The number of thioether (sulfide) groups is 1. The molecule has 2 aromatic carbocycles. The summed E-state index contributed by atoms with van der Waals surface area (Å²) in [6.45, 7) is 4.04. The van der Waals surface area contributed by atoms with Gasteiger partial charge in [-0.05, 0) is 49.2 Å². The molecule has 0 aliphatic carbocycles. The highest BCUT2D eigenvalue weighted by Crippen LogP contribution is 2.21. The second-order valence-corrected chi connectivity index (χ2v) is 5.76. The molecule has 0 saturated carbocycles. The van der Waals surface area contributed by atoms with E-state index in [0.717, 1.165) is 17.0 Å². The third-order valence-electron chi connectivity index (χ3n) is 3.05. The molecule has 110 valence electrons. The first kappa shape index (κ1) is 15.5. The summed E-state index contributed by atoms with van der Waals surface area (Å²) in [5, 5.41) is 2.54. The Kier molecular flexibility index (Phi) is 4.96. The lowest BCUT2D eigenvalue weighted by molar-refractivity contribution is -0.113. The van der Waals surface area contributed by atoms with Crippen molar-refractivity contribution in [1.29, 1.82) is 0 Å². The van der Waals surface area contributed by atoms with Gasteiger partial charge in [0.2, 0.25) is 5.91 Å². The number of carbonyl (C=O) groups is 1. The Bertz CT molecular complexity index is 673. The molecule has 2 nitrogen and oxygen atoms in total. The van der Waals surface area contributed by atoms with Gasteiger partial charge in [0.15, 0.2) is 11.6 Å². The minimum absolute atomic E-state index is 0.210. The van der Waals surface area contributed by atoms with Crippen LogP contribution in [0.5, 0.6) is 0 Å². The smallest absolute Gasteiger partial charge is 0.234 e. The number of aryl methyl sites for hydroxylation is 2. The summed E-state index contributed by atoms with van der Waals surface area (Å²) in [7, 11) is 0. The number of halogens is 2. The Morgan fingerprint density at radius 2 is 1.81 bits per heavy atom. The monoisotopic (exact) mass is 307 g/mol. The van der Waals surface area contributed by atoms with Crippen LogP contribution in [0.15, 0.2) is 41.3 Å². The highest BCUT2D eigenvalue weighted by atomic mass is 32.2. The lowest BCUT2D eigenvalue weighted by Gasteiger charge is -2.07. The first-order chi connectivity index (χ1) is 9.95. The number of anilines is 1. The number of hydrogen-bond acceptors (Lipinski definition) is 2. The standard InChI is InChI=1S/C16H15F2NOS/c1-10-3-5-13(7-11(10)2)21-9-16(20)19-12-4-6-14(17)15(18)8-12/h3-8H,9H2,1-2H3,(H,19,20). The van der Waals surface area contributed by atoms with E-state index in [1.165, 1.54) is 29.0 Å². The van der Waals surface area contributed by atoms with E-state index in [0.29, 0.717) is 0 Å². The predicted molar refractivity (Wildman–Crippen MR) is 81.6 cm³/mol. The number of amides is 1. The minimum Gasteiger partial charge on any atom is -0.325 e. The third-order valence-corrected chi connectivity index (χ3v) is 4.05. The molecule has 2 aromatic rings. The van der Waals surface area contributed by atoms with E-state index in [9.17, 15) is 13.6 Å². The van der Waals surface area contributed by atoms with Crippen molar-refractivity contribution < 1.29 is 13.6 Å². The fraction of sp³-hybridized carbons (Fsp3) is 0.188. The van der Waals surface area contributed by atoms with Crippen molar-refractivity contribution in [1.82, 2.24) is 0 Å². The molecule has 0 unspecified atom stereocenters. The van der Waals surface area contributed by atoms with Gasteiger partial charge in [0, 0.05) is 16.6 Å². The number of carbonyl (C=O) groups excluding carboxylic acids is 1. The zero-order valence-corrected chi connectivity index (χ0v) is 12.6. The Balaban J connectivity index is 1.92. The number of nitrogens with one attached hydrogen (secondary N) is 1. The van der Waals surface area contributed by atoms with Gasteiger partial charge in [-0.25, -0.2) is 8.78 Å². The topological polar surface area (TPSA) is 29.1 Å². The maximum Gasteiger partial charge on any atom is 0.234 e. The van der Waals surface area contributed by atoms with Gasteiger partial charge < -0.3 is 5.32 Å². The van der Waals surface area contributed by atoms with Gasteiger partial charge in [0.25, 0.3) is 0 Å². The Labute approximate surface area is 126 Å². The molecule has 21 heavy (non-hydrogen) atoms. The minimum atomic E-state index is -0.977. The van der Waals surface area contributed by atoms with Gasteiger partial charge >= 0.3 is 0 Å². The lowest BCUT2D eigenvalue weighted by atomic mass is 10.1. The lowest BCUT2D eigenvalue weighted by Crippen LogP contribution is -2.14. The van der Waals surface area contributed by atoms with Crippen molar-refractivity contribution in [3.63, 3.8) is 0 Å². The molecule has 1 amide bonds. The molecular weight excluding hydrogens is 292 g/mol. The van der Waals surface area contributed by atoms with Crippen LogP contribution in [0.4, 0.5) is 14.5 Å². The summed E-state index contributed by atoms with van der Waals surface area (Å²) in [6.07, 6.45) is 0. The molecule has 0 aromatic heterocycles. The van der Waals surface area contributed by atoms with Gasteiger partial charge in [-0.15, -0.1) is 11.8 Å². The first-order valence-corrected chi connectivity index (χ1v) is 7.39. The SMILES string of the molecule is Cc1ccc(SCC(=O)Nc2ccc(F)c(F)c2)cc1C. The molecule has 0 fully saturated rings. The highest BCUT2D eigenvalue weighted by Gasteiger charge is 2.07. The Morgan fingerprint density at radius 1 is 1.05 bits per heavy atom. The van der Waals surface area contributed by atoms with E-state index >= 15 is 0 Å². The summed E-state index contributed by atoms with van der Waals surface area (Å²) in [5.41, 5.74) is 2.62. The molecule has 5 heteroatoms. The molecule has 0 atom stereocenters. The van der Waals surface area contributed by atoms with Gasteiger partial charge in [-0.2, -0.15) is 0 Å². The molecule has 0 spiro atoms. The third kappa shape index (κ3) is 4.29. The zero-order chi connectivity index (χ0) is 15.4. The maximum absolute atomic E-state index is 13.0. The average Bonchev–Trinajstić information content (AvgIpc) is 2.44. The second-order valence-electron chi connectivity index (χ2n) is 4.71. The van der Waals surface area contributed by atoms with Gasteiger partial charge in [0.1, 0.15) is 0 Å². The molecule has 0 heterocycles. The maximum atomic E-state index is 13.0. The van der Waals surface area contributed by atoms with Gasteiger partial charge in [-0.3, -0.25) is 4.79 Å². The normalized spacial score (nSPS) is 10.5. The van der Waals surface area contributed by atoms with E-state index in [2.05, 4.69) is 5.32 Å². The van der Waals surface area contributed by atoms with E-state index in [-0.39, 0.29) is 17.3 Å². The summed E-state index contributed by atoms with van der Waals surface area (Å²) in [4.78, 5) is 12.8. The summed E-state index contributed by atoms with van der Waals surface area (Å²) < 4.78 is 25.8. The fourth-order valence-electron chi connectivity index (χ4n) is 1.72. The average molecular weight is 307 g/mol. The Morgan fingerprint density at radius 3 is 2.48 bits per heavy atom. The van der Waals surface area contributed by atoms with Crippen LogP contribution in [-0.4, -0.2) is 11.7 Å². The van der Waals surface area contributed by atoms with Crippen molar-refractivity contribution in [2.24, 2.45) is 0 Å². The highest BCUT2D eigenvalue weighted by molar-refractivity contribution is 8.00. The van der Waals surface area contributed by atoms with Gasteiger partial charge in [0.05, 0.1) is 5.75 Å². The number of benzene rings is 2. The predicted octanol–water partition coefficient (Wildman–Crippen LogP) is 4.31. The second kappa shape index (κ2) is 6.72. The summed E-state index contributed by atoms with van der Waals surface area (Å²) >= 11 is 1.40. The van der Waals surface area contributed by atoms with Crippen LogP contribution in [0.25, 0.3) is 0 Å². The quantitative estimate of drug-likeness (QED) is 0.853. The van der Waals surface area contributed by atoms with E-state index < -0.39 is 11.6 Å². The summed E-state index contributed by atoms with van der Waals surface area (Å²) in [6, 6.07) is 9.26. The molecule has 0 aliphatic rings. The van der Waals surface area contributed by atoms with E-state index in [4.69, 9.17) is 0 Å². The summed E-state index contributed by atoms with van der Waals surface area (Å²) in [5.74, 6) is -1.96. The van der Waals surface area contributed by atoms with Crippen LogP contribution in [0.1, 0.15) is 11.1 Å². The number of hydrogen-bond donors (Lipinski definition) is 1. The van der Waals surface area contributed by atoms with Crippen LogP contribution in [0, 0.1) is 25.5 Å². The molecule has 1 N–H and O–H groups in total. The molecule has 0 bridgehead atoms. The molecule has 2 rings (SSSR count). The van der Waals surface area contributed by atoms with E-state index in [1.807, 2.05) is 32.0 Å². The molecular formula is C16H15F2NOS. The van der Waals surface area contributed by atoms with Crippen molar-refractivity contribution in [3.05, 3.63) is 59.2 Å². The molecule has 0 radical (unpaired) electrons. The number of rotatable bonds is 4. The van der Waals surface area contributed by atoms with Crippen LogP contribution in [0.2, 0.25) is 0 Å². The van der Waals surface area contributed by atoms with Crippen molar-refractivity contribution >= 4 is 23.4 Å². The molecule has 0 saturated heterocycles. The van der Waals surface area contributed by atoms with Crippen LogP contribution in [-0.2, 0) is 4.79 Å². The van der Waals surface area contributed by atoms with Crippen LogP contribution < -0.4 is 5.32 Å². The zero-order valence-electron chi connectivity index (χ0n) is 11.7. The van der Waals surface area contributed by atoms with Crippen LogP contribution >= 0.6 is 11.8 Å². The Hall–Kier alpha value is -1.88. The van der Waals surface area contributed by atoms with E-state index in [1.54, 1.807) is 0 Å². The molecule has 0 aliphatic heterocycles. The largest absolute Gasteiger partial charge is 0.325 e. The van der Waals surface area contributed by atoms with Crippen LogP contribution in [0.3, 0.4) is 0 Å². The van der Waals surface area contributed by atoms with Crippen molar-refractivity contribution in [2.45, 2.75) is 18.7 Å². The van der Waals surface area contributed by atoms with Crippen molar-refractivity contribution in [2.75, 3.05) is 11.1 Å². The fourth-order valence-corrected chi connectivity index (χ4v) is 2.52. The van der Waals surface area contributed by atoms with Crippen molar-refractivity contribution in [3.8, 4) is 0 Å². The first-order valence-electron chi connectivity index (χ1n) is 6.40.